The summed E-state index contributed by atoms with van der Waals surface area (Å²) in [6, 6.07) is 21.5. The van der Waals surface area contributed by atoms with Crippen LogP contribution in [0.15, 0.2) is 72.8 Å². The van der Waals surface area contributed by atoms with Crippen molar-refractivity contribution in [3.8, 4) is 11.5 Å². The van der Waals surface area contributed by atoms with E-state index >= 15 is 0 Å². The molecule has 0 aromatic heterocycles. The number of primary amides is 1. The molecule has 274 valence electrons. The number of rotatable bonds is 22. The first-order chi connectivity index (χ1) is 24.2. The highest BCUT2D eigenvalue weighted by Gasteiger charge is 2.21. The molecule has 0 radical (unpaired) electrons. The van der Waals surface area contributed by atoms with Crippen molar-refractivity contribution in [2.45, 2.75) is 78.9 Å². The Bertz CT molecular complexity index is 1400. The lowest BCUT2D eigenvalue weighted by molar-refractivity contribution is -0.139. The van der Waals surface area contributed by atoms with E-state index in [2.05, 4.69) is 36.3 Å². The molecule has 1 atom stereocenters. The van der Waals surface area contributed by atoms with E-state index in [0.717, 1.165) is 75.1 Å². The van der Waals surface area contributed by atoms with E-state index in [1.807, 2.05) is 55.5 Å². The number of alkyl carbamates (subject to hydrolysis) is 1. The van der Waals surface area contributed by atoms with Crippen LogP contribution in [-0.4, -0.2) is 73.4 Å². The van der Waals surface area contributed by atoms with Crippen molar-refractivity contribution >= 4 is 23.7 Å². The number of unbranched alkanes of at least 4 members (excludes halogenated alkanes) is 2. The molecule has 2 amide bonds. The van der Waals surface area contributed by atoms with Gasteiger partial charge in [-0.2, -0.15) is 0 Å². The number of benzene rings is 3. The zero-order valence-electron chi connectivity index (χ0n) is 30.1. The number of ether oxygens (including phenoxy) is 3. The van der Waals surface area contributed by atoms with E-state index in [-0.39, 0.29) is 13.0 Å². The highest BCUT2D eigenvalue weighted by atomic mass is 16.5. The Hall–Kier alpha value is -4.77. The van der Waals surface area contributed by atoms with Crippen LogP contribution in [0.25, 0.3) is 0 Å². The molecule has 3 aromatic carbocycles. The number of amides is 2. The number of nitrogens with zero attached hydrogens (tertiary/aromatic N) is 1. The number of aliphatic carboxylic acids is 1. The second-order valence-corrected chi connectivity index (χ2v) is 11.7. The van der Waals surface area contributed by atoms with Crippen molar-refractivity contribution in [2.75, 3.05) is 44.7 Å². The fourth-order valence-electron chi connectivity index (χ4n) is 4.85. The van der Waals surface area contributed by atoms with Crippen LogP contribution in [-0.2, 0) is 22.6 Å². The average molecular weight is 693 g/mol. The lowest BCUT2D eigenvalue weighted by Crippen LogP contribution is -2.42. The lowest BCUT2D eigenvalue weighted by Gasteiger charge is -2.18. The van der Waals surface area contributed by atoms with E-state index in [0.29, 0.717) is 30.3 Å². The maximum absolute atomic E-state index is 11.8. The molecule has 0 saturated carbocycles. The molecule has 0 aliphatic heterocycles. The van der Waals surface area contributed by atoms with Crippen molar-refractivity contribution < 1.29 is 33.7 Å². The molecule has 0 saturated heterocycles. The smallest absolute Gasteiger partial charge is 0.407 e. The number of nitrogens with two attached hydrogens (primary N) is 1. The number of nitrogens with one attached hydrogen (secondary N) is 2. The summed E-state index contributed by atoms with van der Waals surface area (Å²) >= 11 is 0. The van der Waals surface area contributed by atoms with Gasteiger partial charge in [0.15, 0.2) is 0 Å². The largest absolute Gasteiger partial charge is 0.493 e. The van der Waals surface area contributed by atoms with Crippen LogP contribution in [0.5, 0.6) is 11.5 Å². The van der Waals surface area contributed by atoms with Crippen molar-refractivity contribution in [3.63, 3.8) is 0 Å². The Morgan fingerprint density at radius 3 is 2.12 bits per heavy atom. The molecule has 0 heterocycles. The number of carboxylic acids is 1. The maximum atomic E-state index is 11.8. The Morgan fingerprint density at radius 1 is 0.800 bits per heavy atom. The third kappa shape index (κ3) is 16.1. The molecule has 11 heteroatoms. The summed E-state index contributed by atoms with van der Waals surface area (Å²) in [5.41, 5.74) is 8.60. The van der Waals surface area contributed by atoms with E-state index in [1.54, 1.807) is 24.3 Å². The van der Waals surface area contributed by atoms with Crippen LogP contribution in [0, 0.1) is 0 Å². The van der Waals surface area contributed by atoms with Gasteiger partial charge in [0.25, 0.3) is 5.91 Å². The molecule has 5 N–H and O–H groups in total. The first-order valence-corrected chi connectivity index (χ1v) is 17.7. The first-order valence-electron chi connectivity index (χ1n) is 17.7. The van der Waals surface area contributed by atoms with Crippen molar-refractivity contribution in [2.24, 2.45) is 5.73 Å². The number of hydrogen-bond donors (Lipinski definition) is 4. The summed E-state index contributed by atoms with van der Waals surface area (Å²) in [4.78, 5) is 37.2. The van der Waals surface area contributed by atoms with Gasteiger partial charge in [0.1, 0.15) is 29.7 Å². The predicted octanol–water partition coefficient (Wildman–Crippen LogP) is 6.90. The molecule has 0 aliphatic rings. The SMILES string of the molecule is CCCCNc1cccc(OCCCN(CC)CC)c1C(N)=O.CCCCOC(=O)NC(Cc1ccc(OCc2ccccc2)cc1)C(=O)O. The Morgan fingerprint density at radius 2 is 1.50 bits per heavy atom. The molecule has 0 aliphatic carbocycles. The summed E-state index contributed by atoms with van der Waals surface area (Å²) < 4.78 is 16.5. The Kier molecular flexibility index (Phi) is 20.2. The number of carboxylic acid groups (broad SMARTS) is 1. The first kappa shape index (κ1) is 41.4. The molecule has 0 spiro atoms. The van der Waals surface area contributed by atoms with Gasteiger partial charge in [0.05, 0.1) is 18.9 Å². The second kappa shape index (κ2) is 24.4. The highest BCUT2D eigenvalue weighted by Crippen LogP contribution is 2.26. The van der Waals surface area contributed by atoms with Gasteiger partial charge in [-0.15, -0.1) is 0 Å². The molecular formula is C39H56N4O7. The summed E-state index contributed by atoms with van der Waals surface area (Å²) in [5, 5.41) is 15.0. The van der Waals surface area contributed by atoms with Gasteiger partial charge in [-0.3, -0.25) is 4.79 Å². The Labute approximate surface area is 297 Å². The van der Waals surface area contributed by atoms with Gasteiger partial charge in [-0.1, -0.05) is 89.1 Å². The molecule has 1 unspecified atom stereocenters. The van der Waals surface area contributed by atoms with Crippen LogP contribution >= 0.6 is 0 Å². The number of hydrogen-bond acceptors (Lipinski definition) is 8. The minimum Gasteiger partial charge on any atom is -0.493 e. The standard InChI is InChI=1S/C21H25NO5.C18H31N3O2/c1-2-3-13-26-21(25)22-19(20(23)24)14-16-9-11-18(12-10-16)27-15-17-7-5-4-6-8-17;1-4-7-12-20-15-10-8-11-16(17(15)18(19)22)23-14-9-13-21(5-2)6-3/h4-12,19H,2-3,13-15H2,1H3,(H,22,25)(H,23,24);8,10-11,20H,4-7,9,12-14H2,1-3H3,(H2,19,22). The van der Waals surface area contributed by atoms with Crippen molar-refractivity contribution in [1.82, 2.24) is 10.2 Å². The van der Waals surface area contributed by atoms with Crippen LogP contribution < -0.4 is 25.8 Å². The molecule has 0 bridgehead atoms. The normalized spacial score (nSPS) is 11.1. The quantitative estimate of drug-likeness (QED) is 0.0825. The summed E-state index contributed by atoms with van der Waals surface area (Å²) in [6.45, 7) is 13.6. The lowest BCUT2D eigenvalue weighted by atomic mass is 10.1. The predicted molar refractivity (Wildman–Crippen MR) is 198 cm³/mol. The second-order valence-electron chi connectivity index (χ2n) is 11.7. The molecule has 3 aromatic rings. The summed E-state index contributed by atoms with van der Waals surface area (Å²) in [6.07, 6.45) is 4.17. The third-order valence-corrected chi connectivity index (χ3v) is 7.82. The van der Waals surface area contributed by atoms with Crippen LogP contribution in [0.2, 0.25) is 0 Å². The van der Waals surface area contributed by atoms with E-state index < -0.39 is 24.0 Å². The van der Waals surface area contributed by atoms with Gasteiger partial charge in [0.2, 0.25) is 0 Å². The van der Waals surface area contributed by atoms with Crippen LogP contribution in [0.3, 0.4) is 0 Å². The van der Waals surface area contributed by atoms with Gasteiger partial charge in [0, 0.05) is 19.5 Å². The highest BCUT2D eigenvalue weighted by molar-refractivity contribution is 6.01. The summed E-state index contributed by atoms with van der Waals surface area (Å²) in [5.74, 6) is -0.296. The van der Waals surface area contributed by atoms with Gasteiger partial charge in [-0.05, 0) is 67.7 Å². The minimum absolute atomic E-state index is 0.164. The molecular weight excluding hydrogens is 636 g/mol. The number of carbonyl (C=O) groups excluding carboxylic acids is 2. The molecule has 11 nitrogen and oxygen atoms in total. The zero-order chi connectivity index (χ0) is 36.6. The summed E-state index contributed by atoms with van der Waals surface area (Å²) in [7, 11) is 0. The fourth-order valence-corrected chi connectivity index (χ4v) is 4.85. The minimum atomic E-state index is -1.10. The van der Waals surface area contributed by atoms with Crippen molar-refractivity contribution in [3.05, 3.63) is 89.5 Å². The van der Waals surface area contributed by atoms with Crippen LogP contribution in [0.4, 0.5) is 10.5 Å². The van der Waals surface area contributed by atoms with Crippen LogP contribution in [0.1, 0.15) is 81.3 Å². The Balaban J connectivity index is 0.000000352. The van der Waals surface area contributed by atoms with Gasteiger partial charge < -0.3 is 40.6 Å². The average Bonchev–Trinajstić information content (AvgIpc) is 3.12. The van der Waals surface area contributed by atoms with E-state index in [4.69, 9.17) is 19.9 Å². The monoisotopic (exact) mass is 692 g/mol. The molecule has 3 rings (SSSR count). The fraction of sp³-hybridized carbons (Fsp3) is 0.462. The van der Waals surface area contributed by atoms with E-state index in [9.17, 15) is 19.5 Å². The molecule has 50 heavy (non-hydrogen) atoms. The van der Waals surface area contributed by atoms with Crippen molar-refractivity contribution in [1.29, 1.82) is 0 Å². The third-order valence-electron chi connectivity index (χ3n) is 7.82. The van der Waals surface area contributed by atoms with Gasteiger partial charge >= 0.3 is 12.1 Å². The number of carbonyl (C=O) groups is 3. The van der Waals surface area contributed by atoms with E-state index in [1.165, 1.54) is 0 Å². The van der Waals surface area contributed by atoms with Gasteiger partial charge in [-0.25, -0.2) is 9.59 Å². The maximum Gasteiger partial charge on any atom is 0.407 e. The zero-order valence-corrected chi connectivity index (χ0v) is 30.1. The molecule has 0 fully saturated rings. The number of anilines is 1. The topological polar surface area (TPSA) is 152 Å².